The van der Waals surface area contributed by atoms with E-state index in [0.29, 0.717) is 5.56 Å². The first-order valence-corrected chi connectivity index (χ1v) is 6.53. The van der Waals surface area contributed by atoms with Crippen molar-refractivity contribution in [2.24, 2.45) is 5.41 Å². The average molecular weight is 236 g/mol. The molecule has 1 aromatic rings. The molecular formula is C15H21FO. The molecule has 94 valence electrons. The van der Waals surface area contributed by atoms with E-state index in [1.54, 1.807) is 13.0 Å². The summed E-state index contributed by atoms with van der Waals surface area (Å²) in [5, 5.41) is 10.5. The Labute approximate surface area is 103 Å². The Morgan fingerprint density at radius 3 is 2.53 bits per heavy atom. The molecule has 1 nitrogen and oxygen atoms in total. The largest absolute Gasteiger partial charge is 0.388 e. The highest BCUT2D eigenvalue weighted by molar-refractivity contribution is 5.26. The molecule has 1 unspecified atom stereocenters. The third-order valence-corrected chi connectivity index (χ3v) is 4.40. The van der Waals surface area contributed by atoms with Gasteiger partial charge >= 0.3 is 0 Å². The molecule has 1 saturated carbocycles. The zero-order chi connectivity index (χ0) is 12.5. The minimum atomic E-state index is -0.523. The zero-order valence-electron chi connectivity index (χ0n) is 10.7. The smallest absolute Gasteiger partial charge is 0.126 e. The van der Waals surface area contributed by atoms with Gasteiger partial charge < -0.3 is 5.11 Å². The summed E-state index contributed by atoms with van der Waals surface area (Å²) in [4.78, 5) is 0. The molecule has 2 rings (SSSR count). The van der Waals surface area contributed by atoms with E-state index in [-0.39, 0.29) is 11.2 Å². The summed E-state index contributed by atoms with van der Waals surface area (Å²) in [6.45, 7) is 3.87. The van der Waals surface area contributed by atoms with Crippen molar-refractivity contribution in [1.82, 2.24) is 0 Å². The van der Waals surface area contributed by atoms with Gasteiger partial charge in [-0.1, -0.05) is 31.9 Å². The van der Waals surface area contributed by atoms with Gasteiger partial charge in [0.1, 0.15) is 5.82 Å². The first-order chi connectivity index (χ1) is 8.09. The summed E-state index contributed by atoms with van der Waals surface area (Å²) in [5.74, 6) is -0.217. The molecule has 0 heterocycles. The lowest BCUT2D eigenvalue weighted by molar-refractivity contribution is 0.0235. The number of rotatable bonds is 3. The van der Waals surface area contributed by atoms with Crippen LogP contribution in [-0.4, -0.2) is 5.11 Å². The monoisotopic (exact) mass is 236 g/mol. The van der Waals surface area contributed by atoms with Crippen LogP contribution in [0.15, 0.2) is 18.2 Å². The molecule has 0 aromatic heterocycles. The van der Waals surface area contributed by atoms with E-state index in [2.05, 4.69) is 6.92 Å². The molecule has 0 radical (unpaired) electrons. The highest BCUT2D eigenvalue weighted by atomic mass is 19.1. The van der Waals surface area contributed by atoms with Crippen LogP contribution >= 0.6 is 0 Å². The van der Waals surface area contributed by atoms with Crippen molar-refractivity contribution in [2.75, 3.05) is 0 Å². The van der Waals surface area contributed by atoms with E-state index in [1.807, 2.05) is 6.07 Å². The summed E-state index contributed by atoms with van der Waals surface area (Å²) in [6, 6.07) is 5.11. The first-order valence-electron chi connectivity index (χ1n) is 6.53. The summed E-state index contributed by atoms with van der Waals surface area (Å²) >= 11 is 0. The minimum Gasteiger partial charge on any atom is -0.388 e. The van der Waals surface area contributed by atoms with Crippen molar-refractivity contribution in [3.05, 3.63) is 35.1 Å². The number of hydrogen-bond donors (Lipinski definition) is 1. The molecular weight excluding hydrogens is 215 g/mol. The third-order valence-electron chi connectivity index (χ3n) is 4.40. The highest BCUT2D eigenvalue weighted by Crippen LogP contribution is 2.50. The SMILES string of the molecule is CCC1(C(O)c2ccc(C)c(F)c2)CCCC1. The van der Waals surface area contributed by atoms with Crippen LogP contribution in [0.3, 0.4) is 0 Å². The van der Waals surface area contributed by atoms with Gasteiger partial charge in [0.2, 0.25) is 0 Å². The molecule has 1 N–H and O–H groups in total. The molecule has 1 aliphatic rings. The maximum absolute atomic E-state index is 13.5. The molecule has 0 saturated heterocycles. The standard InChI is InChI=1S/C15H21FO/c1-3-15(8-4-5-9-15)14(17)12-7-6-11(2)13(16)10-12/h6-7,10,14,17H,3-5,8-9H2,1-2H3. The maximum atomic E-state index is 13.5. The third kappa shape index (κ3) is 2.23. The van der Waals surface area contributed by atoms with Crippen LogP contribution in [0.25, 0.3) is 0 Å². The van der Waals surface area contributed by atoms with Crippen LogP contribution in [0.4, 0.5) is 4.39 Å². The topological polar surface area (TPSA) is 20.2 Å². The van der Waals surface area contributed by atoms with Crippen molar-refractivity contribution >= 4 is 0 Å². The Balaban J connectivity index is 2.29. The van der Waals surface area contributed by atoms with Crippen LogP contribution in [0.5, 0.6) is 0 Å². The second kappa shape index (κ2) is 4.77. The van der Waals surface area contributed by atoms with Crippen LogP contribution < -0.4 is 0 Å². The predicted molar refractivity (Wildman–Crippen MR) is 67.3 cm³/mol. The predicted octanol–water partition coefficient (Wildman–Crippen LogP) is 4.14. The van der Waals surface area contributed by atoms with Crippen molar-refractivity contribution in [3.8, 4) is 0 Å². The van der Waals surface area contributed by atoms with E-state index in [4.69, 9.17) is 0 Å². The number of halogens is 1. The van der Waals surface area contributed by atoms with Crippen LogP contribution in [0, 0.1) is 18.2 Å². The number of aliphatic hydroxyl groups is 1. The molecule has 0 bridgehead atoms. The van der Waals surface area contributed by atoms with Gasteiger partial charge in [0, 0.05) is 5.41 Å². The molecule has 1 aromatic carbocycles. The van der Waals surface area contributed by atoms with Crippen molar-refractivity contribution < 1.29 is 9.50 Å². The molecule has 17 heavy (non-hydrogen) atoms. The van der Waals surface area contributed by atoms with E-state index >= 15 is 0 Å². The summed E-state index contributed by atoms with van der Waals surface area (Å²) in [6.07, 6.45) is 4.91. The minimum absolute atomic E-state index is 0.0261. The number of hydrogen-bond acceptors (Lipinski definition) is 1. The lowest BCUT2D eigenvalue weighted by atomic mass is 9.75. The summed E-state index contributed by atoms with van der Waals surface area (Å²) < 4.78 is 13.5. The summed E-state index contributed by atoms with van der Waals surface area (Å²) in [7, 11) is 0. The fourth-order valence-electron chi connectivity index (χ4n) is 3.03. The Morgan fingerprint density at radius 1 is 1.35 bits per heavy atom. The van der Waals surface area contributed by atoms with Gasteiger partial charge in [0.05, 0.1) is 6.10 Å². The molecule has 1 fully saturated rings. The fourth-order valence-corrected chi connectivity index (χ4v) is 3.03. The zero-order valence-corrected chi connectivity index (χ0v) is 10.7. The summed E-state index contributed by atoms with van der Waals surface area (Å²) in [5.41, 5.74) is 1.34. The van der Waals surface area contributed by atoms with Crippen LogP contribution in [0.1, 0.15) is 56.3 Å². The van der Waals surface area contributed by atoms with Gasteiger partial charge in [-0.05, 0) is 43.4 Å². The van der Waals surface area contributed by atoms with E-state index in [1.165, 1.54) is 18.9 Å². The second-order valence-corrected chi connectivity index (χ2v) is 5.33. The Bertz CT molecular complexity index is 394. The van der Waals surface area contributed by atoms with E-state index < -0.39 is 6.10 Å². The van der Waals surface area contributed by atoms with Crippen LogP contribution in [0.2, 0.25) is 0 Å². The van der Waals surface area contributed by atoms with Gasteiger partial charge in [0.25, 0.3) is 0 Å². The first kappa shape index (κ1) is 12.6. The van der Waals surface area contributed by atoms with Crippen molar-refractivity contribution in [2.45, 2.75) is 52.1 Å². The number of aliphatic hydroxyl groups excluding tert-OH is 1. The normalized spacial score (nSPS) is 20.5. The van der Waals surface area contributed by atoms with E-state index in [0.717, 1.165) is 24.8 Å². The van der Waals surface area contributed by atoms with Crippen molar-refractivity contribution in [1.29, 1.82) is 0 Å². The molecule has 0 aliphatic heterocycles. The van der Waals surface area contributed by atoms with Gasteiger partial charge in [-0.15, -0.1) is 0 Å². The molecule has 1 aliphatic carbocycles. The van der Waals surface area contributed by atoms with Gasteiger partial charge in [-0.2, -0.15) is 0 Å². The Hall–Kier alpha value is -0.890. The molecule has 0 spiro atoms. The number of aryl methyl sites for hydroxylation is 1. The maximum Gasteiger partial charge on any atom is 0.126 e. The highest BCUT2D eigenvalue weighted by Gasteiger charge is 2.39. The Morgan fingerprint density at radius 2 is 2.00 bits per heavy atom. The molecule has 1 atom stereocenters. The average Bonchev–Trinajstić information content (AvgIpc) is 2.81. The van der Waals surface area contributed by atoms with Crippen LogP contribution in [-0.2, 0) is 0 Å². The van der Waals surface area contributed by atoms with E-state index in [9.17, 15) is 9.50 Å². The number of benzene rings is 1. The van der Waals surface area contributed by atoms with Gasteiger partial charge in [-0.3, -0.25) is 0 Å². The molecule has 2 heteroatoms. The lowest BCUT2D eigenvalue weighted by Gasteiger charge is -2.33. The van der Waals surface area contributed by atoms with Crippen molar-refractivity contribution in [3.63, 3.8) is 0 Å². The Kier molecular flexibility index (Phi) is 3.53. The molecule has 0 amide bonds. The van der Waals surface area contributed by atoms with Gasteiger partial charge in [-0.25, -0.2) is 4.39 Å². The second-order valence-electron chi connectivity index (χ2n) is 5.33. The lowest BCUT2D eigenvalue weighted by Crippen LogP contribution is -2.25. The quantitative estimate of drug-likeness (QED) is 0.836. The van der Waals surface area contributed by atoms with Gasteiger partial charge in [0.15, 0.2) is 0 Å². The fraction of sp³-hybridized carbons (Fsp3) is 0.600.